The van der Waals surface area contributed by atoms with Gasteiger partial charge in [-0.05, 0) is 50.2 Å². The smallest absolute Gasteiger partial charge is 0.137 e. The molecule has 3 aromatic rings. The molecule has 22 heavy (non-hydrogen) atoms. The summed E-state index contributed by atoms with van der Waals surface area (Å²) in [4.78, 5) is 9.10. The molecule has 0 spiro atoms. The summed E-state index contributed by atoms with van der Waals surface area (Å²) in [5, 5.41) is 4.09. The molecule has 1 aliphatic heterocycles. The highest BCUT2D eigenvalue weighted by Gasteiger charge is 2.16. The predicted molar refractivity (Wildman–Crippen MR) is 88.3 cm³/mol. The summed E-state index contributed by atoms with van der Waals surface area (Å²) in [5.74, 6) is 0.576. The number of nitrogens with one attached hydrogen (secondary N) is 1. The second-order valence-corrected chi connectivity index (χ2v) is 6.15. The lowest BCUT2D eigenvalue weighted by molar-refractivity contribution is 0.453. The molecule has 0 aromatic carbocycles. The minimum absolute atomic E-state index is 0.576. The molecule has 0 saturated carbocycles. The number of aromatic nitrogens is 3. The third-order valence-electron chi connectivity index (χ3n) is 4.31. The van der Waals surface area contributed by atoms with Gasteiger partial charge in [0.25, 0.3) is 0 Å². The standard InChI is InChI=1S/C17H17ClN4/c18-14-2-4-17-21-10-16(22(17)11-14)13-1-3-15(20-9-13)12-5-7-19-8-6-12/h1-4,9-12,19H,5-8H2. The lowest BCUT2D eigenvalue weighted by atomic mass is 9.94. The minimum atomic E-state index is 0.576. The van der Waals surface area contributed by atoms with Gasteiger partial charge < -0.3 is 5.32 Å². The van der Waals surface area contributed by atoms with Crippen molar-refractivity contribution in [2.75, 3.05) is 13.1 Å². The maximum absolute atomic E-state index is 6.09. The summed E-state index contributed by atoms with van der Waals surface area (Å²) < 4.78 is 2.00. The summed E-state index contributed by atoms with van der Waals surface area (Å²) in [6, 6.07) is 8.05. The van der Waals surface area contributed by atoms with E-state index in [-0.39, 0.29) is 0 Å². The van der Waals surface area contributed by atoms with E-state index in [0.29, 0.717) is 10.9 Å². The van der Waals surface area contributed by atoms with Crippen LogP contribution in [0.5, 0.6) is 0 Å². The Balaban J connectivity index is 1.68. The first-order valence-electron chi connectivity index (χ1n) is 7.61. The van der Waals surface area contributed by atoms with E-state index in [1.54, 1.807) is 0 Å². The van der Waals surface area contributed by atoms with Crippen LogP contribution < -0.4 is 5.32 Å². The van der Waals surface area contributed by atoms with Crippen LogP contribution in [0.15, 0.2) is 42.9 Å². The van der Waals surface area contributed by atoms with Gasteiger partial charge >= 0.3 is 0 Å². The van der Waals surface area contributed by atoms with E-state index < -0.39 is 0 Å². The second kappa shape index (κ2) is 5.71. The van der Waals surface area contributed by atoms with Crippen molar-refractivity contribution in [2.24, 2.45) is 0 Å². The molecule has 4 rings (SSSR count). The second-order valence-electron chi connectivity index (χ2n) is 5.71. The van der Waals surface area contributed by atoms with Crippen LogP contribution in [-0.4, -0.2) is 27.5 Å². The largest absolute Gasteiger partial charge is 0.317 e. The van der Waals surface area contributed by atoms with Gasteiger partial charge in [-0.25, -0.2) is 4.98 Å². The summed E-state index contributed by atoms with van der Waals surface area (Å²) in [5.41, 5.74) is 4.16. The van der Waals surface area contributed by atoms with Gasteiger partial charge in [-0.1, -0.05) is 11.6 Å². The zero-order chi connectivity index (χ0) is 14.9. The number of nitrogens with zero attached hydrogens (tertiary/aromatic N) is 3. The summed E-state index contributed by atoms with van der Waals surface area (Å²) in [6.07, 6.45) is 8.03. The molecule has 5 heteroatoms. The van der Waals surface area contributed by atoms with E-state index in [2.05, 4.69) is 27.4 Å². The number of imidazole rings is 1. The fourth-order valence-corrected chi connectivity index (χ4v) is 3.24. The number of rotatable bonds is 2. The minimum Gasteiger partial charge on any atom is -0.317 e. The summed E-state index contributed by atoms with van der Waals surface area (Å²) in [7, 11) is 0. The number of hydrogen-bond donors (Lipinski definition) is 1. The van der Waals surface area contributed by atoms with Crippen molar-refractivity contribution in [1.29, 1.82) is 0 Å². The molecule has 3 aromatic heterocycles. The van der Waals surface area contributed by atoms with Gasteiger partial charge in [-0.15, -0.1) is 0 Å². The molecule has 112 valence electrons. The molecule has 4 heterocycles. The zero-order valence-electron chi connectivity index (χ0n) is 12.2. The number of piperidine rings is 1. The van der Waals surface area contributed by atoms with Crippen molar-refractivity contribution in [2.45, 2.75) is 18.8 Å². The number of pyridine rings is 2. The fourth-order valence-electron chi connectivity index (χ4n) is 3.08. The van der Waals surface area contributed by atoms with Gasteiger partial charge in [0, 0.05) is 29.6 Å². The van der Waals surface area contributed by atoms with Crippen LogP contribution in [-0.2, 0) is 0 Å². The Bertz CT molecular complexity index is 788. The SMILES string of the molecule is Clc1ccc2ncc(-c3ccc(C4CCNCC4)nc3)n2c1. The van der Waals surface area contributed by atoms with Crippen molar-refractivity contribution in [1.82, 2.24) is 19.7 Å². The van der Waals surface area contributed by atoms with Crippen LogP contribution in [0.25, 0.3) is 16.9 Å². The van der Waals surface area contributed by atoms with Crippen molar-refractivity contribution >= 4 is 17.2 Å². The number of fused-ring (bicyclic) bond motifs is 1. The van der Waals surface area contributed by atoms with Crippen molar-refractivity contribution in [3.05, 3.63) is 53.6 Å². The first-order valence-corrected chi connectivity index (χ1v) is 7.99. The fraction of sp³-hybridized carbons (Fsp3) is 0.294. The highest BCUT2D eigenvalue weighted by Crippen LogP contribution is 2.26. The molecule has 0 bridgehead atoms. The van der Waals surface area contributed by atoms with E-state index in [9.17, 15) is 0 Å². The molecule has 1 N–H and O–H groups in total. The Morgan fingerprint density at radius 1 is 1.05 bits per heavy atom. The van der Waals surface area contributed by atoms with E-state index in [4.69, 9.17) is 11.6 Å². The molecule has 1 aliphatic rings. The van der Waals surface area contributed by atoms with Gasteiger partial charge in [-0.3, -0.25) is 9.38 Å². The van der Waals surface area contributed by atoms with E-state index in [1.807, 2.05) is 35.1 Å². The van der Waals surface area contributed by atoms with Crippen LogP contribution in [0.3, 0.4) is 0 Å². The molecule has 1 saturated heterocycles. The van der Waals surface area contributed by atoms with Crippen molar-refractivity contribution in [3.63, 3.8) is 0 Å². The zero-order valence-corrected chi connectivity index (χ0v) is 12.9. The normalized spacial score (nSPS) is 16.2. The molecule has 4 nitrogen and oxygen atoms in total. The molecule has 0 aliphatic carbocycles. The quantitative estimate of drug-likeness (QED) is 0.787. The Labute approximate surface area is 134 Å². The van der Waals surface area contributed by atoms with Crippen LogP contribution >= 0.6 is 11.6 Å². The predicted octanol–water partition coefficient (Wildman–Crippen LogP) is 3.52. The van der Waals surface area contributed by atoms with Crippen LogP contribution in [0, 0.1) is 0 Å². The topological polar surface area (TPSA) is 42.2 Å². The summed E-state index contributed by atoms with van der Waals surface area (Å²) in [6.45, 7) is 2.17. The Hall–Kier alpha value is -1.91. The van der Waals surface area contributed by atoms with Crippen LogP contribution in [0.4, 0.5) is 0 Å². The van der Waals surface area contributed by atoms with Gasteiger partial charge in [0.15, 0.2) is 0 Å². The van der Waals surface area contributed by atoms with E-state index >= 15 is 0 Å². The molecular weight excluding hydrogens is 296 g/mol. The highest BCUT2D eigenvalue weighted by molar-refractivity contribution is 6.30. The monoisotopic (exact) mass is 312 g/mol. The van der Waals surface area contributed by atoms with Gasteiger partial charge in [0.05, 0.1) is 16.9 Å². The van der Waals surface area contributed by atoms with Gasteiger partial charge in [-0.2, -0.15) is 0 Å². The summed E-state index contributed by atoms with van der Waals surface area (Å²) >= 11 is 6.09. The van der Waals surface area contributed by atoms with E-state index in [0.717, 1.165) is 42.8 Å². The number of halogens is 1. The molecule has 0 atom stereocenters. The third kappa shape index (κ3) is 2.49. The number of hydrogen-bond acceptors (Lipinski definition) is 3. The Morgan fingerprint density at radius 3 is 2.68 bits per heavy atom. The van der Waals surface area contributed by atoms with E-state index in [1.165, 1.54) is 5.69 Å². The van der Waals surface area contributed by atoms with Crippen LogP contribution in [0.1, 0.15) is 24.5 Å². The molecule has 1 fully saturated rings. The first-order chi connectivity index (χ1) is 10.8. The molecule has 0 radical (unpaired) electrons. The Kier molecular flexibility index (Phi) is 3.56. The average molecular weight is 313 g/mol. The van der Waals surface area contributed by atoms with Crippen molar-refractivity contribution in [3.8, 4) is 11.3 Å². The van der Waals surface area contributed by atoms with Crippen LogP contribution in [0.2, 0.25) is 5.02 Å². The highest BCUT2D eigenvalue weighted by atomic mass is 35.5. The average Bonchev–Trinajstić information content (AvgIpc) is 2.99. The Morgan fingerprint density at radius 2 is 1.91 bits per heavy atom. The lowest BCUT2D eigenvalue weighted by Crippen LogP contribution is -2.27. The van der Waals surface area contributed by atoms with Gasteiger partial charge in [0.2, 0.25) is 0 Å². The van der Waals surface area contributed by atoms with Crippen molar-refractivity contribution < 1.29 is 0 Å². The maximum atomic E-state index is 6.09. The molecular formula is C17H17ClN4. The molecule has 0 unspecified atom stereocenters. The lowest BCUT2D eigenvalue weighted by Gasteiger charge is -2.22. The maximum Gasteiger partial charge on any atom is 0.137 e. The third-order valence-corrected chi connectivity index (χ3v) is 4.53. The van der Waals surface area contributed by atoms with Gasteiger partial charge in [0.1, 0.15) is 5.65 Å². The first kappa shape index (κ1) is 13.7. The molecule has 0 amide bonds.